The molecule has 7 rings (SSSR count). The first-order valence-corrected chi connectivity index (χ1v) is 13.2. The topological polar surface area (TPSA) is 107 Å². The number of carbonyl (C=O) groups excluding carboxylic acids is 1. The van der Waals surface area contributed by atoms with E-state index in [1.807, 2.05) is 17.9 Å². The summed E-state index contributed by atoms with van der Waals surface area (Å²) in [5.41, 5.74) is 6.54. The van der Waals surface area contributed by atoms with E-state index in [4.69, 9.17) is 16.6 Å². The van der Waals surface area contributed by atoms with Crippen molar-refractivity contribution in [1.29, 1.82) is 0 Å². The van der Waals surface area contributed by atoms with Crippen LogP contribution in [-0.4, -0.2) is 44.7 Å². The smallest absolute Gasteiger partial charge is 0.273 e. The number of halogens is 2. The molecule has 1 amide bonds. The molecule has 6 aromatic heterocycles. The summed E-state index contributed by atoms with van der Waals surface area (Å²) >= 11 is 7.48. The fourth-order valence-electron chi connectivity index (χ4n) is 4.53. The second-order valence-corrected chi connectivity index (χ2v) is 10.5. The van der Waals surface area contributed by atoms with Gasteiger partial charge in [-0.2, -0.15) is 0 Å². The van der Waals surface area contributed by atoms with Gasteiger partial charge in [-0.1, -0.05) is 16.8 Å². The van der Waals surface area contributed by atoms with E-state index in [1.54, 1.807) is 28.4 Å². The van der Waals surface area contributed by atoms with Crippen LogP contribution < -0.4 is 5.32 Å². The number of carbonyl (C=O) groups is 1. The summed E-state index contributed by atoms with van der Waals surface area (Å²) in [5, 5.41) is 10.8. The number of pyridine rings is 2. The number of aromatic nitrogens is 8. The monoisotopic (exact) mass is 547 g/mol. The molecule has 0 atom stereocenters. The maximum Gasteiger partial charge on any atom is 0.273 e. The van der Waals surface area contributed by atoms with Crippen molar-refractivity contribution in [3.8, 4) is 10.4 Å². The normalized spacial score (nSPS) is 13.5. The fraction of sp³-hybridized carbons (Fsp3) is 0.200. The van der Waals surface area contributed by atoms with Gasteiger partial charge >= 0.3 is 0 Å². The van der Waals surface area contributed by atoms with Crippen LogP contribution in [0.5, 0.6) is 0 Å². The molecule has 1 fully saturated rings. The fourth-order valence-corrected chi connectivity index (χ4v) is 5.31. The Kier molecular flexibility index (Phi) is 5.44. The van der Waals surface area contributed by atoms with Gasteiger partial charge in [0.1, 0.15) is 11.2 Å². The summed E-state index contributed by atoms with van der Waals surface area (Å²) in [4.78, 5) is 27.1. The number of thiazole rings is 1. The Morgan fingerprint density at radius 2 is 2.13 bits per heavy atom. The Balaban J connectivity index is 1.09. The van der Waals surface area contributed by atoms with E-state index >= 15 is 0 Å². The van der Waals surface area contributed by atoms with Crippen LogP contribution in [0.15, 0.2) is 55.0 Å². The maximum atomic E-state index is 14.5. The summed E-state index contributed by atoms with van der Waals surface area (Å²) in [6.45, 7) is 0.355. The lowest BCUT2D eigenvalue weighted by Crippen LogP contribution is -2.23. The molecule has 0 aromatic carbocycles. The van der Waals surface area contributed by atoms with E-state index in [2.05, 4.69) is 42.3 Å². The Morgan fingerprint density at radius 3 is 2.95 bits per heavy atom. The second kappa shape index (κ2) is 8.99. The molecule has 0 aliphatic heterocycles. The van der Waals surface area contributed by atoms with Crippen LogP contribution in [0.3, 0.4) is 0 Å². The highest BCUT2D eigenvalue weighted by Gasteiger charge is 2.26. The minimum atomic E-state index is -0.586. The Hall–Kier alpha value is -4.16. The number of hydrogen-bond donors (Lipinski definition) is 1. The van der Waals surface area contributed by atoms with E-state index in [1.165, 1.54) is 35.2 Å². The minimum Gasteiger partial charge on any atom is -0.345 e. The summed E-state index contributed by atoms with van der Waals surface area (Å²) in [6, 6.07) is 3.67. The highest BCUT2D eigenvalue weighted by molar-refractivity contribution is 7.13. The van der Waals surface area contributed by atoms with Crippen LogP contribution in [0, 0.1) is 5.82 Å². The molecule has 1 aliphatic rings. The van der Waals surface area contributed by atoms with Gasteiger partial charge in [0.2, 0.25) is 0 Å². The summed E-state index contributed by atoms with van der Waals surface area (Å²) in [6.07, 6.45) is 13.0. The predicted molar refractivity (Wildman–Crippen MR) is 139 cm³/mol. The van der Waals surface area contributed by atoms with Crippen molar-refractivity contribution < 1.29 is 9.18 Å². The van der Waals surface area contributed by atoms with Gasteiger partial charge in [-0.25, -0.2) is 19.0 Å². The van der Waals surface area contributed by atoms with Gasteiger partial charge in [-0.15, -0.1) is 16.4 Å². The first kappa shape index (κ1) is 23.0. The molecular weight excluding hydrogens is 529 g/mol. The van der Waals surface area contributed by atoms with Crippen molar-refractivity contribution in [3.05, 3.63) is 88.4 Å². The van der Waals surface area contributed by atoms with Crippen LogP contribution in [0.2, 0.25) is 5.02 Å². The van der Waals surface area contributed by atoms with Crippen LogP contribution in [0.1, 0.15) is 46.2 Å². The van der Waals surface area contributed by atoms with Gasteiger partial charge in [-0.3, -0.25) is 9.78 Å². The number of hydrogen-bond acceptors (Lipinski definition) is 7. The lowest BCUT2D eigenvalue weighted by atomic mass is 10.1. The highest BCUT2D eigenvalue weighted by Crippen LogP contribution is 2.42. The molecule has 0 radical (unpaired) electrons. The van der Waals surface area contributed by atoms with Crippen molar-refractivity contribution in [1.82, 2.24) is 44.1 Å². The van der Waals surface area contributed by atoms with E-state index < -0.39 is 11.7 Å². The van der Waals surface area contributed by atoms with Crippen LogP contribution in [-0.2, 0) is 13.1 Å². The van der Waals surface area contributed by atoms with Crippen molar-refractivity contribution >= 4 is 40.0 Å². The molecule has 38 heavy (non-hydrogen) atoms. The minimum absolute atomic E-state index is 0.00950. The van der Waals surface area contributed by atoms with Gasteiger partial charge in [-0.05, 0) is 36.5 Å². The van der Waals surface area contributed by atoms with E-state index in [9.17, 15) is 9.18 Å². The van der Waals surface area contributed by atoms with Crippen LogP contribution in [0.4, 0.5) is 4.39 Å². The SMILES string of the molecule is O=C(NCc1ncn2ccc(Cl)c(F)c12)c1cn(Cc2cn3cc(C4CC4)cc(-c4cncs4)c3n2)nn1. The molecule has 6 heterocycles. The first-order valence-electron chi connectivity index (χ1n) is 11.9. The molecule has 0 unspecified atom stereocenters. The number of nitrogens with one attached hydrogen (secondary N) is 1. The average Bonchev–Trinajstić information content (AvgIpc) is 3.33. The lowest BCUT2D eigenvalue weighted by Gasteiger charge is -2.05. The molecule has 0 saturated heterocycles. The van der Waals surface area contributed by atoms with Crippen molar-refractivity contribution in [2.75, 3.05) is 0 Å². The second-order valence-electron chi connectivity index (χ2n) is 9.20. The molecule has 0 spiro atoms. The van der Waals surface area contributed by atoms with Crippen LogP contribution in [0.25, 0.3) is 21.6 Å². The quantitative estimate of drug-likeness (QED) is 0.318. The highest BCUT2D eigenvalue weighted by atomic mass is 35.5. The van der Waals surface area contributed by atoms with Crippen molar-refractivity contribution in [2.24, 2.45) is 0 Å². The molecule has 0 bridgehead atoms. The third kappa shape index (κ3) is 4.11. The summed E-state index contributed by atoms with van der Waals surface area (Å²) in [5.74, 6) is -0.435. The number of amides is 1. The molecule has 1 aliphatic carbocycles. The largest absolute Gasteiger partial charge is 0.345 e. The number of rotatable bonds is 7. The standard InChI is InChI=1S/C25H19ClFN9OS/c26-18-3-4-34-12-30-19(23(34)22(18)27)6-29-25(37)20-11-36(33-32-20)10-16-9-35-8-15(14-1-2-14)5-17(24(35)31-16)21-7-28-13-38-21/h3-5,7-9,11-14H,1-2,6,10H2,(H,29,37). The average molecular weight is 548 g/mol. The predicted octanol–water partition coefficient (Wildman–Crippen LogP) is 4.35. The van der Waals surface area contributed by atoms with Gasteiger partial charge in [0.15, 0.2) is 11.5 Å². The summed E-state index contributed by atoms with van der Waals surface area (Å²) in [7, 11) is 0. The molecule has 10 nitrogen and oxygen atoms in total. The third-order valence-corrected chi connectivity index (χ3v) is 7.65. The zero-order valence-corrected chi connectivity index (χ0v) is 21.3. The Morgan fingerprint density at radius 1 is 1.24 bits per heavy atom. The zero-order chi connectivity index (χ0) is 25.8. The number of imidazole rings is 2. The zero-order valence-electron chi connectivity index (χ0n) is 19.8. The van der Waals surface area contributed by atoms with Gasteiger partial charge in [0.25, 0.3) is 5.91 Å². The van der Waals surface area contributed by atoms with E-state index in [0.717, 1.165) is 21.8 Å². The summed E-state index contributed by atoms with van der Waals surface area (Å²) < 4.78 is 19.6. The lowest BCUT2D eigenvalue weighted by molar-refractivity contribution is 0.0945. The molecule has 190 valence electrons. The molecule has 6 aromatic rings. The Bertz CT molecular complexity index is 1820. The van der Waals surface area contributed by atoms with Gasteiger partial charge in [0.05, 0.1) is 52.4 Å². The van der Waals surface area contributed by atoms with Crippen molar-refractivity contribution in [2.45, 2.75) is 31.8 Å². The van der Waals surface area contributed by atoms with E-state index in [0.29, 0.717) is 18.2 Å². The molecular formula is C25H19ClFN9OS. The first-order chi connectivity index (χ1) is 18.5. The third-order valence-electron chi connectivity index (χ3n) is 6.55. The molecule has 1 saturated carbocycles. The Labute approximate surface area is 223 Å². The van der Waals surface area contributed by atoms with E-state index in [-0.39, 0.29) is 22.8 Å². The molecule has 13 heteroatoms. The van der Waals surface area contributed by atoms with Crippen LogP contribution >= 0.6 is 22.9 Å². The molecule has 1 N–H and O–H groups in total. The van der Waals surface area contributed by atoms with Crippen molar-refractivity contribution in [3.63, 3.8) is 0 Å². The number of nitrogens with zero attached hydrogens (tertiary/aromatic N) is 8. The maximum absolute atomic E-state index is 14.5. The number of fused-ring (bicyclic) bond motifs is 2. The van der Waals surface area contributed by atoms with Gasteiger partial charge in [0, 0.05) is 30.4 Å². The van der Waals surface area contributed by atoms with Gasteiger partial charge < -0.3 is 14.1 Å².